The van der Waals surface area contributed by atoms with Crippen LogP contribution in [0.25, 0.3) is 11.4 Å². The topological polar surface area (TPSA) is 135 Å². The van der Waals surface area contributed by atoms with Crippen molar-refractivity contribution < 1.29 is 22.7 Å². The van der Waals surface area contributed by atoms with Gasteiger partial charge < -0.3 is 15.0 Å². The van der Waals surface area contributed by atoms with Gasteiger partial charge in [-0.25, -0.2) is 13.4 Å². The molecule has 2 aromatic heterocycles. The van der Waals surface area contributed by atoms with Gasteiger partial charge in [-0.2, -0.15) is 14.3 Å². The second-order valence-corrected chi connectivity index (χ2v) is 9.99. The van der Waals surface area contributed by atoms with Crippen molar-refractivity contribution >= 4 is 33.4 Å². The van der Waals surface area contributed by atoms with E-state index < -0.39 is 28.0 Å². The van der Waals surface area contributed by atoms with Crippen LogP contribution in [0.1, 0.15) is 29.0 Å². The number of nitrogens with zero attached hydrogens (tertiary/aromatic N) is 5. The van der Waals surface area contributed by atoms with Crippen molar-refractivity contribution in [1.29, 1.82) is 0 Å². The number of hydrogen-bond donors (Lipinski definition) is 1. The number of piperazine rings is 1. The predicted octanol–water partition coefficient (Wildman–Crippen LogP) is 1.28. The number of ether oxygens (including phenoxy) is 1. The van der Waals surface area contributed by atoms with Gasteiger partial charge in [0.05, 0.1) is 30.8 Å². The molecule has 0 bridgehead atoms. The molecule has 34 heavy (non-hydrogen) atoms. The smallest absolute Gasteiger partial charge is 0.317 e. The van der Waals surface area contributed by atoms with E-state index in [1.54, 1.807) is 19.1 Å². The highest BCUT2D eigenvalue weighted by Gasteiger charge is 2.40. The third-order valence-electron chi connectivity index (χ3n) is 5.30. The monoisotopic (exact) mass is 508 g/mol. The lowest BCUT2D eigenvalue weighted by Gasteiger charge is -2.44. The Kier molecular flexibility index (Phi) is 7.54. The highest BCUT2D eigenvalue weighted by atomic mass is 35.5. The van der Waals surface area contributed by atoms with Crippen LogP contribution in [-0.4, -0.2) is 83.9 Å². The molecule has 0 aliphatic carbocycles. The molecule has 0 spiro atoms. The molecule has 1 aliphatic heterocycles. The van der Waals surface area contributed by atoms with Crippen LogP contribution in [0.2, 0.25) is 5.15 Å². The molecule has 3 rings (SSSR count). The number of amides is 2. The van der Waals surface area contributed by atoms with Gasteiger partial charge in [-0.1, -0.05) is 18.2 Å². The first kappa shape index (κ1) is 25.5. The Labute approximate surface area is 202 Å². The van der Waals surface area contributed by atoms with E-state index in [1.165, 1.54) is 35.5 Å². The Hall–Kier alpha value is -3.09. The van der Waals surface area contributed by atoms with Crippen molar-refractivity contribution in [2.45, 2.75) is 19.0 Å². The van der Waals surface area contributed by atoms with Crippen LogP contribution in [0.4, 0.5) is 0 Å². The number of carbonyl (C=O) groups excluding carboxylic acids is 2. The Morgan fingerprint density at radius 3 is 2.47 bits per heavy atom. The fraction of sp³-hybridized carbons (Fsp3) is 0.381. The third-order valence-corrected chi connectivity index (χ3v) is 6.87. The van der Waals surface area contributed by atoms with Gasteiger partial charge in [0.15, 0.2) is 0 Å². The van der Waals surface area contributed by atoms with Crippen molar-refractivity contribution in [3.63, 3.8) is 0 Å². The van der Waals surface area contributed by atoms with Crippen molar-refractivity contribution in [2.75, 3.05) is 33.5 Å². The highest BCUT2D eigenvalue weighted by molar-refractivity contribution is 7.88. The first-order valence-electron chi connectivity index (χ1n) is 10.2. The number of sulfonamides is 1. The standard InChI is InChI=1S/C21H25ClN6O5S/c1-6-19(29)27-10-12(2)28(34(5,31)32)17(11-27)13-7-14(24-18(22)8-13)15-9-16(20(30)23-3)26-21(25-15)33-4/h6-9,12,17H,1,10-11H2,2-5H3,(H,23,30)/t12-,17+/m1/s1. The summed E-state index contributed by atoms with van der Waals surface area (Å²) >= 11 is 6.32. The van der Waals surface area contributed by atoms with Gasteiger partial charge in [0, 0.05) is 26.2 Å². The minimum Gasteiger partial charge on any atom is -0.467 e. The molecule has 1 N–H and O–H groups in total. The van der Waals surface area contributed by atoms with E-state index in [1.807, 2.05) is 0 Å². The van der Waals surface area contributed by atoms with Gasteiger partial charge in [-0.3, -0.25) is 9.59 Å². The average Bonchev–Trinajstić information content (AvgIpc) is 2.80. The fourth-order valence-electron chi connectivity index (χ4n) is 3.92. The molecule has 1 fully saturated rings. The minimum absolute atomic E-state index is 0.0498. The number of methoxy groups -OCH3 is 1. The molecule has 0 radical (unpaired) electrons. The summed E-state index contributed by atoms with van der Waals surface area (Å²) in [5.74, 6) is -0.756. The zero-order chi connectivity index (χ0) is 25.2. The van der Waals surface area contributed by atoms with Gasteiger partial charge in [0.1, 0.15) is 10.8 Å². The molecule has 2 amide bonds. The van der Waals surface area contributed by atoms with Crippen LogP contribution in [0.5, 0.6) is 6.01 Å². The number of pyridine rings is 1. The maximum atomic E-state index is 12.7. The summed E-state index contributed by atoms with van der Waals surface area (Å²) in [6.07, 6.45) is 2.31. The summed E-state index contributed by atoms with van der Waals surface area (Å²) < 4.78 is 31.8. The molecule has 1 aliphatic rings. The number of hydrogen-bond acceptors (Lipinski definition) is 8. The molecule has 13 heteroatoms. The number of halogens is 1. The lowest BCUT2D eigenvalue weighted by Crippen LogP contribution is -2.56. The molecule has 0 aromatic carbocycles. The zero-order valence-corrected chi connectivity index (χ0v) is 20.7. The predicted molar refractivity (Wildman–Crippen MR) is 126 cm³/mol. The largest absolute Gasteiger partial charge is 0.467 e. The van der Waals surface area contributed by atoms with Gasteiger partial charge in [-0.15, -0.1) is 0 Å². The summed E-state index contributed by atoms with van der Waals surface area (Å²) in [5, 5.41) is 2.57. The lowest BCUT2D eigenvalue weighted by molar-refractivity contribution is -0.129. The van der Waals surface area contributed by atoms with Crippen molar-refractivity contribution in [3.8, 4) is 17.4 Å². The maximum absolute atomic E-state index is 12.7. The lowest BCUT2D eigenvalue weighted by atomic mass is 10.0. The van der Waals surface area contributed by atoms with Crippen LogP contribution in [0, 0.1) is 0 Å². The number of aromatic nitrogens is 3. The van der Waals surface area contributed by atoms with Gasteiger partial charge in [0.25, 0.3) is 5.91 Å². The third kappa shape index (κ3) is 5.34. The second kappa shape index (κ2) is 10.0. The second-order valence-electron chi connectivity index (χ2n) is 7.72. The molecule has 0 saturated carbocycles. The van der Waals surface area contributed by atoms with Crippen LogP contribution in [0.3, 0.4) is 0 Å². The minimum atomic E-state index is -3.64. The summed E-state index contributed by atoms with van der Waals surface area (Å²) in [5.41, 5.74) is 1.09. The van der Waals surface area contributed by atoms with Crippen molar-refractivity contribution in [2.24, 2.45) is 0 Å². The number of carbonyl (C=O) groups is 2. The maximum Gasteiger partial charge on any atom is 0.317 e. The molecule has 3 heterocycles. The van der Waals surface area contributed by atoms with Crippen LogP contribution in [-0.2, 0) is 14.8 Å². The zero-order valence-electron chi connectivity index (χ0n) is 19.1. The van der Waals surface area contributed by atoms with E-state index in [4.69, 9.17) is 16.3 Å². The molecule has 0 unspecified atom stereocenters. The molecule has 1 saturated heterocycles. The Balaban J connectivity index is 2.15. The Morgan fingerprint density at radius 1 is 1.21 bits per heavy atom. The molecule has 11 nitrogen and oxygen atoms in total. The van der Waals surface area contributed by atoms with E-state index in [0.717, 1.165) is 6.26 Å². The van der Waals surface area contributed by atoms with Gasteiger partial charge >= 0.3 is 6.01 Å². The van der Waals surface area contributed by atoms with Crippen molar-refractivity contribution in [3.05, 3.63) is 47.3 Å². The molecule has 2 atom stereocenters. The van der Waals surface area contributed by atoms with E-state index in [9.17, 15) is 18.0 Å². The Bertz CT molecular complexity index is 1240. The van der Waals surface area contributed by atoms with E-state index >= 15 is 0 Å². The molecular formula is C21H25ClN6O5S. The normalized spacial score (nSPS) is 18.9. The van der Waals surface area contributed by atoms with E-state index in [-0.39, 0.29) is 47.2 Å². The SMILES string of the molecule is C=CC(=O)N1C[C@@H](C)N(S(C)(=O)=O)[C@H](c2cc(Cl)nc(-c3cc(C(=O)NC)nc(OC)n3)c2)C1. The highest BCUT2D eigenvalue weighted by Crippen LogP contribution is 2.34. The number of nitrogens with one attached hydrogen (secondary N) is 1. The molecule has 2 aromatic rings. The average molecular weight is 509 g/mol. The summed E-state index contributed by atoms with van der Waals surface area (Å²) in [6.45, 7) is 5.57. The first-order chi connectivity index (χ1) is 16.0. The molecular weight excluding hydrogens is 484 g/mol. The summed E-state index contributed by atoms with van der Waals surface area (Å²) in [6, 6.07) is 3.32. The van der Waals surface area contributed by atoms with Crippen LogP contribution < -0.4 is 10.1 Å². The number of rotatable bonds is 6. The Morgan fingerprint density at radius 2 is 1.88 bits per heavy atom. The van der Waals surface area contributed by atoms with Gasteiger partial charge in [-0.05, 0) is 36.8 Å². The van der Waals surface area contributed by atoms with E-state index in [0.29, 0.717) is 5.56 Å². The van der Waals surface area contributed by atoms with Crippen LogP contribution >= 0.6 is 11.6 Å². The quantitative estimate of drug-likeness (QED) is 0.455. The van der Waals surface area contributed by atoms with Crippen molar-refractivity contribution in [1.82, 2.24) is 29.5 Å². The van der Waals surface area contributed by atoms with E-state index in [2.05, 4.69) is 26.8 Å². The van der Waals surface area contributed by atoms with Gasteiger partial charge in [0.2, 0.25) is 15.9 Å². The first-order valence-corrected chi connectivity index (χ1v) is 12.4. The van der Waals surface area contributed by atoms with Crippen LogP contribution in [0.15, 0.2) is 30.9 Å². The molecule has 182 valence electrons. The summed E-state index contributed by atoms with van der Waals surface area (Å²) in [7, 11) is -0.815. The fourth-order valence-corrected chi connectivity index (χ4v) is 5.51. The summed E-state index contributed by atoms with van der Waals surface area (Å²) in [4.78, 5) is 38.6.